The first-order valence-corrected chi connectivity index (χ1v) is 12.6. The number of hydrogen-bond donors (Lipinski definition) is 2. The highest BCUT2D eigenvalue weighted by Crippen LogP contribution is 2.38. The van der Waals surface area contributed by atoms with Gasteiger partial charge in [-0.2, -0.15) is 0 Å². The van der Waals surface area contributed by atoms with E-state index < -0.39 is 5.82 Å². The molecule has 190 valence electrons. The number of hydrogen-bond acceptors (Lipinski definition) is 4. The molecule has 3 heterocycles. The molecule has 0 radical (unpaired) electrons. The van der Waals surface area contributed by atoms with Gasteiger partial charge in [0.2, 0.25) is 0 Å². The SMILES string of the molecule is C[C@H](CN1CCNCC1)n1c(=O)[nH]c2cc(/C=C3\c4ccc(F)cc4COc4cc(F)ccc43)ccc21. The van der Waals surface area contributed by atoms with Crippen molar-refractivity contribution in [2.75, 3.05) is 32.7 Å². The van der Waals surface area contributed by atoms with Crippen LogP contribution in [0.3, 0.4) is 0 Å². The first kappa shape index (κ1) is 23.6. The minimum absolute atomic E-state index is 0.0195. The van der Waals surface area contributed by atoms with Crippen LogP contribution in [-0.2, 0) is 6.61 Å². The molecule has 1 fully saturated rings. The Morgan fingerprint density at radius 1 is 1.00 bits per heavy atom. The van der Waals surface area contributed by atoms with Crippen LogP contribution < -0.4 is 15.7 Å². The minimum atomic E-state index is -0.398. The molecular weight excluding hydrogens is 474 g/mol. The fraction of sp³-hybridized carbons (Fsp3) is 0.276. The van der Waals surface area contributed by atoms with Gasteiger partial charge in [-0.05, 0) is 66.1 Å². The average molecular weight is 503 g/mol. The van der Waals surface area contributed by atoms with Gasteiger partial charge in [0.05, 0.1) is 11.0 Å². The number of aromatic nitrogens is 2. The molecule has 2 N–H and O–H groups in total. The lowest BCUT2D eigenvalue weighted by Crippen LogP contribution is -2.45. The van der Waals surface area contributed by atoms with E-state index in [4.69, 9.17) is 4.74 Å². The normalized spacial score (nSPS) is 17.8. The molecule has 2 aliphatic rings. The molecule has 0 aliphatic carbocycles. The van der Waals surface area contributed by atoms with Gasteiger partial charge in [0.1, 0.15) is 24.0 Å². The molecule has 6 nitrogen and oxygen atoms in total. The van der Waals surface area contributed by atoms with E-state index in [1.807, 2.05) is 28.8 Å². The van der Waals surface area contributed by atoms with Crippen molar-refractivity contribution in [1.29, 1.82) is 0 Å². The zero-order chi connectivity index (χ0) is 25.5. The van der Waals surface area contributed by atoms with Gasteiger partial charge in [-0.1, -0.05) is 12.1 Å². The molecule has 0 amide bonds. The van der Waals surface area contributed by atoms with Crippen molar-refractivity contribution in [1.82, 2.24) is 19.8 Å². The second kappa shape index (κ2) is 9.61. The smallest absolute Gasteiger partial charge is 0.326 e. The Bertz CT molecular complexity index is 1510. The Morgan fingerprint density at radius 3 is 2.57 bits per heavy atom. The lowest BCUT2D eigenvalue weighted by Gasteiger charge is -2.30. The highest BCUT2D eigenvalue weighted by atomic mass is 19.1. The summed E-state index contributed by atoms with van der Waals surface area (Å²) in [6.45, 7) is 6.89. The molecule has 6 rings (SSSR count). The minimum Gasteiger partial charge on any atom is -0.488 e. The number of aromatic amines is 1. The van der Waals surface area contributed by atoms with Crippen LogP contribution in [0.1, 0.15) is 35.2 Å². The van der Waals surface area contributed by atoms with E-state index in [-0.39, 0.29) is 24.2 Å². The summed E-state index contributed by atoms with van der Waals surface area (Å²) in [5.41, 5.74) is 5.36. The molecular formula is C29H28F2N4O2. The van der Waals surface area contributed by atoms with E-state index in [9.17, 15) is 13.6 Å². The average Bonchev–Trinajstić information content (AvgIpc) is 3.14. The van der Waals surface area contributed by atoms with Crippen molar-refractivity contribution in [3.05, 3.63) is 99.0 Å². The molecule has 37 heavy (non-hydrogen) atoms. The molecule has 3 aromatic carbocycles. The number of nitrogens with one attached hydrogen (secondary N) is 2. The lowest BCUT2D eigenvalue weighted by molar-refractivity contribution is 0.212. The predicted octanol–water partition coefficient (Wildman–Crippen LogP) is 4.56. The van der Waals surface area contributed by atoms with Gasteiger partial charge in [-0.15, -0.1) is 0 Å². The molecule has 0 saturated carbocycles. The van der Waals surface area contributed by atoms with Gasteiger partial charge in [-0.3, -0.25) is 9.47 Å². The van der Waals surface area contributed by atoms with Crippen molar-refractivity contribution in [3.8, 4) is 5.75 Å². The summed E-state index contributed by atoms with van der Waals surface area (Å²) >= 11 is 0. The summed E-state index contributed by atoms with van der Waals surface area (Å²) in [4.78, 5) is 18.3. The summed E-state index contributed by atoms with van der Waals surface area (Å²) in [5.74, 6) is -0.343. The van der Waals surface area contributed by atoms with E-state index >= 15 is 0 Å². The van der Waals surface area contributed by atoms with Crippen LogP contribution in [0.5, 0.6) is 5.75 Å². The Balaban J connectivity index is 1.41. The number of piperazine rings is 1. The summed E-state index contributed by atoms with van der Waals surface area (Å²) in [6.07, 6.45) is 1.97. The molecule has 0 unspecified atom stereocenters. The molecule has 1 atom stereocenters. The largest absolute Gasteiger partial charge is 0.488 e. The van der Waals surface area contributed by atoms with Gasteiger partial charge in [0.15, 0.2) is 0 Å². The molecule has 8 heteroatoms. The highest BCUT2D eigenvalue weighted by Gasteiger charge is 2.21. The van der Waals surface area contributed by atoms with Gasteiger partial charge < -0.3 is 15.0 Å². The number of imidazole rings is 1. The number of ether oxygens (including phenoxy) is 1. The van der Waals surface area contributed by atoms with Crippen LogP contribution in [0, 0.1) is 11.6 Å². The Hall–Kier alpha value is -3.75. The first-order chi connectivity index (χ1) is 18.0. The molecule has 4 aromatic rings. The van der Waals surface area contributed by atoms with Gasteiger partial charge in [0, 0.05) is 56.0 Å². The van der Waals surface area contributed by atoms with Crippen LogP contribution in [-0.4, -0.2) is 47.2 Å². The summed E-state index contributed by atoms with van der Waals surface area (Å²) in [5, 5.41) is 3.36. The van der Waals surface area contributed by atoms with Crippen molar-refractivity contribution in [2.24, 2.45) is 0 Å². The summed E-state index contributed by atoms with van der Waals surface area (Å²) < 4.78 is 35.7. The van der Waals surface area contributed by atoms with Crippen molar-refractivity contribution in [2.45, 2.75) is 19.6 Å². The highest BCUT2D eigenvalue weighted by molar-refractivity contribution is 5.95. The number of benzene rings is 3. The van der Waals surface area contributed by atoms with Gasteiger partial charge >= 0.3 is 5.69 Å². The first-order valence-electron chi connectivity index (χ1n) is 12.6. The maximum absolute atomic E-state index is 14.0. The fourth-order valence-corrected chi connectivity index (χ4v) is 5.43. The van der Waals surface area contributed by atoms with Crippen molar-refractivity contribution in [3.63, 3.8) is 0 Å². The van der Waals surface area contributed by atoms with E-state index in [0.717, 1.165) is 66.0 Å². The fourth-order valence-electron chi connectivity index (χ4n) is 5.43. The van der Waals surface area contributed by atoms with E-state index in [1.54, 1.807) is 12.1 Å². The Labute approximate surface area is 213 Å². The third-order valence-electron chi connectivity index (χ3n) is 7.20. The number of halogens is 2. The van der Waals surface area contributed by atoms with E-state index in [2.05, 4.69) is 22.1 Å². The Kier molecular flexibility index (Phi) is 6.14. The van der Waals surface area contributed by atoms with E-state index in [1.165, 1.54) is 24.3 Å². The molecule has 0 spiro atoms. The molecule has 2 aliphatic heterocycles. The van der Waals surface area contributed by atoms with Crippen LogP contribution in [0.25, 0.3) is 22.7 Å². The summed E-state index contributed by atoms with van der Waals surface area (Å²) in [7, 11) is 0. The van der Waals surface area contributed by atoms with Crippen molar-refractivity contribution >= 4 is 22.7 Å². The lowest BCUT2D eigenvalue weighted by atomic mass is 9.92. The number of nitrogens with zero attached hydrogens (tertiary/aromatic N) is 2. The van der Waals surface area contributed by atoms with Crippen LogP contribution in [0.15, 0.2) is 59.4 Å². The maximum atomic E-state index is 14.0. The molecule has 1 saturated heterocycles. The number of H-pyrrole nitrogens is 1. The van der Waals surface area contributed by atoms with Gasteiger partial charge in [0.25, 0.3) is 0 Å². The second-order valence-electron chi connectivity index (χ2n) is 9.77. The monoisotopic (exact) mass is 502 g/mol. The Morgan fingerprint density at radius 2 is 1.76 bits per heavy atom. The maximum Gasteiger partial charge on any atom is 0.326 e. The third-order valence-corrected chi connectivity index (χ3v) is 7.20. The third kappa shape index (κ3) is 4.58. The van der Waals surface area contributed by atoms with Crippen LogP contribution in [0.4, 0.5) is 8.78 Å². The second-order valence-corrected chi connectivity index (χ2v) is 9.77. The van der Waals surface area contributed by atoms with Crippen LogP contribution >= 0.6 is 0 Å². The van der Waals surface area contributed by atoms with Gasteiger partial charge in [-0.25, -0.2) is 13.6 Å². The van der Waals surface area contributed by atoms with E-state index in [0.29, 0.717) is 11.3 Å². The quantitative estimate of drug-likeness (QED) is 0.430. The summed E-state index contributed by atoms with van der Waals surface area (Å²) in [6, 6.07) is 14.9. The topological polar surface area (TPSA) is 62.3 Å². The number of rotatable bonds is 4. The zero-order valence-electron chi connectivity index (χ0n) is 20.6. The standard InChI is InChI=1S/C29H28F2N4O2/c1-18(16-34-10-8-32-9-11-34)35-27-7-2-19(13-26(27)33-29(35)36)12-25-23-5-3-21(30)14-20(23)17-37-28-15-22(31)4-6-24(25)28/h2-7,12-15,18,32H,8-11,16-17H2,1H3,(H,33,36)/b25-12+/t18-/m1/s1. The van der Waals surface area contributed by atoms with Crippen LogP contribution in [0.2, 0.25) is 0 Å². The molecule has 1 aromatic heterocycles. The van der Waals surface area contributed by atoms with Crippen molar-refractivity contribution < 1.29 is 13.5 Å². The molecule has 0 bridgehead atoms. The zero-order valence-corrected chi connectivity index (χ0v) is 20.6. The number of fused-ring (bicyclic) bond motifs is 3. The predicted molar refractivity (Wildman–Crippen MR) is 141 cm³/mol.